The second-order valence-corrected chi connectivity index (χ2v) is 3.29. The van der Waals surface area contributed by atoms with Gasteiger partial charge in [0.15, 0.2) is 0 Å². The maximum Gasteiger partial charge on any atom is 0.304 e. The molecule has 0 aliphatic rings. The predicted molar refractivity (Wildman–Crippen MR) is 52.8 cm³/mol. The number of carbonyl (C=O) groups is 2. The molecule has 0 spiro atoms. The molecule has 5 heteroatoms. The molecular formula is C9H18N2O3. The van der Waals surface area contributed by atoms with Crippen molar-refractivity contribution in [2.45, 2.75) is 32.7 Å². The van der Waals surface area contributed by atoms with Gasteiger partial charge in [0.25, 0.3) is 0 Å². The molecule has 0 aliphatic carbocycles. The fourth-order valence-corrected chi connectivity index (χ4v) is 1.33. The Kier molecular flexibility index (Phi) is 5.87. The Hall–Kier alpha value is -1.10. The molecule has 1 atom stereocenters. The number of primary amides is 1. The van der Waals surface area contributed by atoms with E-state index in [1.807, 2.05) is 18.7 Å². The van der Waals surface area contributed by atoms with Crippen molar-refractivity contribution in [3.8, 4) is 0 Å². The normalized spacial score (nSPS) is 12.8. The smallest absolute Gasteiger partial charge is 0.304 e. The van der Waals surface area contributed by atoms with E-state index in [0.29, 0.717) is 6.54 Å². The molecule has 1 unspecified atom stereocenters. The first-order valence-corrected chi connectivity index (χ1v) is 4.71. The summed E-state index contributed by atoms with van der Waals surface area (Å²) in [5, 5.41) is 8.59. The minimum Gasteiger partial charge on any atom is -0.481 e. The summed E-state index contributed by atoms with van der Waals surface area (Å²) in [5.74, 6) is -1.18. The zero-order chi connectivity index (χ0) is 11.1. The van der Waals surface area contributed by atoms with Crippen LogP contribution in [-0.2, 0) is 9.59 Å². The maximum absolute atomic E-state index is 10.5. The van der Waals surface area contributed by atoms with Crippen molar-refractivity contribution >= 4 is 11.9 Å². The summed E-state index contributed by atoms with van der Waals surface area (Å²) < 4.78 is 0. The van der Waals surface area contributed by atoms with Crippen LogP contribution < -0.4 is 5.73 Å². The number of aliphatic carboxylic acids is 1. The first-order chi connectivity index (χ1) is 6.47. The Bertz CT molecular complexity index is 206. The van der Waals surface area contributed by atoms with Crippen LogP contribution in [0.1, 0.15) is 26.7 Å². The monoisotopic (exact) mass is 202 g/mol. The fourth-order valence-electron chi connectivity index (χ4n) is 1.33. The lowest BCUT2D eigenvalue weighted by Crippen LogP contribution is -2.36. The van der Waals surface area contributed by atoms with Crippen LogP contribution in [0.3, 0.4) is 0 Å². The average molecular weight is 202 g/mol. The molecule has 0 aromatic carbocycles. The molecule has 14 heavy (non-hydrogen) atoms. The third-order valence-electron chi connectivity index (χ3n) is 2.14. The number of nitrogens with zero attached hydrogens (tertiary/aromatic N) is 1. The van der Waals surface area contributed by atoms with Gasteiger partial charge in [-0.3, -0.25) is 14.5 Å². The van der Waals surface area contributed by atoms with Crippen LogP contribution in [0.2, 0.25) is 0 Å². The van der Waals surface area contributed by atoms with Crippen LogP contribution in [0.15, 0.2) is 0 Å². The largest absolute Gasteiger partial charge is 0.481 e. The van der Waals surface area contributed by atoms with E-state index in [2.05, 4.69) is 0 Å². The van der Waals surface area contributed by atoms with Crippen LogP contribution in [0.5, 0.6) is 0 Å². The molecule has 0 saturated heterocycles. The Morgan fingerprint density at radius 2 is 2.07 bits per heavy atom. The first kappa shape index (κ1) is 12.9. The maximum atomic E-state index is 10.5. The molecule has 0 heterocycles. The summed E-state index contributed by atoms with van der Waals surface area (Å²) in [6.45, 7) is 5.01. The highest BCUT2D eigenvalue weighted by molar-refractivity contribution is 5.73. The highest BCUT2D eigenvalue weighted by atomic mass is 16.4. The lowest BCUT2D eigenvalue weighted by Gasteiger charge is -2.25. The van der Waals surface area contributed by atoms with E-state index in [4.69, 9.17) is 10.8 Å². The van der Waals surface area contributed by atoms with Crippen molar-refractivity contribution in [3.05, 3.63) is 0 Å². The fraction of sp³-hybridized carbons (Fsp3) is 0.778. The van der Waals surface area contributed by atoms with Gasteiger partial charge in [0.2, 0.25) is 5.91 Å². The van der Waals surface area contributed by atoms with Gasteiger partial charge >= 0.3 is 5.97 Å². The van der Waals surface area contributed by atoms with Crippen LogP contribution in [0.4, 0.5) is 0 Å². The average Bonchev–Trinajstić information content (AvgIpc) is 2.03. The molecule has 0 radical (unpaired) electrons. The van der Waals surface area contributed by atoms with Crippen LogP contribution in [0, 0.1) is 0 Å². The van der Waals surface area contributed by atoms with Gasteiger partial charge in [-0.05, 0) is 13.5 Å². The quantitative estimate of drug-likeness (QED) is 0.611. The van der Waals surface area contributed by atoms with E-state index in [1.54, 1.807) is 0 Å². The van der Waals surface area contributed by atoms with E-state index in [-0.39, 0.29) is 24.8 Å². The molecule has 0 aromatic rings. The molecule has 5 nitrogen and oxygen atoms in total. The van der Waals surface area contributed by atoms with Gasteiger partial charge in [-0.2, -0.15) is 0 Å². The second kappa shape index (κ2) is 6.37. The first-order valence-electron chi connectivity index (χ1n) is 4.71. The molecule has 3 N–H and O–H groups in total. The third-order valence-corrected chi connectivity index (χ3v) is 2.14. The van der Waals surface area contributed by atoms with E-state index in [1.165, 1.54) is 0 Å². The lowest BCUT2D eigenvalue weighted by molar-refractivity contribution is -0.138. The van der Waals surface area contributed by atoms with Gasteiger partial charge in [-0.25, -0.2) is 0 Å². The van der Waals surface area contributed by atoms with E-state index >= 15 is 0 Å². The summed E-state index contributed by atoms with van der Waals surface area (Å²) >= 11 is 0. The van der Waals surface area contributed by atoms with Crippen molar-refractivity contribution in [2.24, 2.45) is 5.73 Å². The third kappa shape index (κ3) is 5.53. The Morgan fingerprint density at radius 3 is 2.43 bits per heavy atom. The van der Waals surface area contributed by atoms with Crippen molar-refractivity contribution in [3.63, 3.8) is 0 Å². The molecule has 0 aromatic heterocycles. The number of carbonyl (C=O) groups excluding carboxylic acids is 1. The molecular weight excluding hydrogens is 184 g/mol. The van der Waals surface area contributed by atoms with Crippen LogP contribution in [-0.4, -0.2) is 41.0 Å². The van der Waals surface area contributed by atoms with Gasteiger partial charge in [0.05, 0.1) is 6.42 Å². The van der Waals surface area contributed by atoms with Gasteiger partial charge in [0.1, 0.15) is 0 Å². The molecule has 1 amide bonds. The van der Waals surface area contributed by atoms with E-state index in [9.17, 15) is 9.59 Å². The van der Waals surface area contributed by atoms with Gasteiger partial charge in [-0.1, -0.05) is 6.92 Å². The summed E-state index contributed by atoms with van der Waals surface area (Å²) in [5.41, 5.74) is 5.01. The van der Waals surface area contributed by atoms with Gasteiger partial charge in [-0.15, -0.1) is 0 Å². The Balaban J connectivity index is 3.98. The predicted octanol–water partition coefficient (Wildman–Crippen LogP) is 0.0469. The highest BCUT2D eigenvalue weighted by Gasteiger charge is 2.15. The van der Waals surface area contributed by atoms with Gasteiger partial charge < -0.3 is 10.8 Å². The topological polar surface area (TPSA) is 83.6 Å². The summed E-state index contributed by atoms with van der Waals surface area (Å²) in [6.07, 6.45) is 0.365. The highest BCUT2D eigenvalue weighted by Crippen LogP contribution is 2.04. The lowest BCUT2D eigenvalue weighted by atomic mass is 10.2. The SMILES string of the molecule is CCN(CCC(N)=O)C(C)CC(=O)O. The molecule has 0 aliphatic heterocycles. The molecule has 0 bridgehead atoms. The van der Waals surface area contributed by atoms with Gasteiger partial charge in [0, 0.05) is 19.0 Å². The van der Waals surface area contributed by atoms with Crippen molar-refractivity contribution in [1.82, 2.24) is 4.90 Å². The number of hydrogen-bond donors (Lipinski definition) is 2. The second-order valence-electron chi connectivity index (χ2n) is 3.29. The number of amides is 1. The van der Waals surface area contributed by atoms with E-state index in [0.717, 1.165) is 6.54 Å². The number of carboxylic acids is 1. The number of nitrogens with two attached hydrogens (primary N) is 1. The number of carboxylic acid groups (broad SMARTS) is 1. The summed E-state index contributed by atoms with van der Waals surface area (Å²) in [6, 6.07) is -0.0585. The minimum atomic E-state index is -0.824. The zero-order valence-electron chi connectivity index (χ0n) is 8.69. The Morgan fingerprint density at radius 1 is 1.50 bits per heavy atom. The van der Waals surface area contributed by atoms with Crippen LogP contribution in [0.25, 0.3) is 0 Å². The minimum absolute atomic E-state index is 0.0585. The number of hydrogen-bond acceptors (Lipinski definition) is 3. The zero-order valence-corrected chi connectivity index (χ0v) is 8.69. The van der Waals surface area contributed by atoms with E-state index < -0.39 is 5.97 Å². The van der Waals surface area contributed by atoms with Crippen molar-refractivity contribution in [2.75, 3.05) is 13.1 Å². The number of rotatable bonds is 7. The van der Waals surface area contributed by atoms with Crippen molar-refractivity contribution < 1.29 is 14.7 Å². The molecule has 0 saturated carbocycles. The summed E-state index contributed by atoms with van der Waals surface area (Å²) in [4.78, 5) is 22.9. The van der Waals surface area contributed by atoms with Crippen LogP contribution >= 0.6 is 0 Å². The molecule has 82 valence electrons. The summed E-state index contributed by atoms with van der Waals surface area (Å²) in [7, 11) is 0. The Labute approximate surface area is 83.9 Å². The standard InChI is InChI=1S/C9H18N2O3/c1-3-11(5-4-8(10)12)7(2)6-9(13)14/h7H,3-6H2,1-2H3,(H2,10,12)(H,13,14). The molecule has 0 fully saturated rings. The van der Waals surface area contributed by atoms with Crippen molar-refractivity contribution in [1.29, 1.82) is 0 Å². The molecule has 0 rings (SSSR count).